The SMILES string of the molecule is O=C(CCn1cc[nH]c(=O)c1=O)N1CCCC[C@@H]1Cn1cccn1. The minimum Gasteiger partial charge on any atom is -0.338 e. The van der Waals surface area contributed by atoms with E-state index in [1.165, 1.54) is 17.0 Å². The van der Waals surface area contributed by atoms with Crippen LogP contribution in [0.15, 0.2) is 40.4 Å². The zero-order chi connectivity index (χ0) is 16.9. The van der Waals surface area contributed by atoms with E-state index in [0.29, 0.717) is 6.54 Å². The van der Waals surface area contributed by atoms with E-state index in [-0.39, 0.29) is 24.9 Å². The highest BCUT2D eigenvalue weighted by molar-refractivity contribution is 5.76. The summed E-state index contributed by atoms with van der Waals surface area (Å²) in [6.07, 6.45) is 9.79. The average molecular weight is 331 g/mol. The molecule has 1 atom stereocenters. The summed E-state index contributed by atoms with van der Waals surface area (Å²) in [5.74, 6) is 0.0130. The number of aromatic amines is 1. The van der Waals surface area contributed by atoms with Crippen molar-refractivity contribution < 1.29 is 4.79 Å². The van der Waals surface area contributed by atoms with Crippen molar-refractivity contribution in [1.29, 1.82) is 0 Å². The first kappa shape index (κ1) is 16.2. The largest absolute Gasteiger partial charge is 0.338 e. The molecule has 1 fully saturated rings. The summed E-state index contributed by atoms with van der Waals surface area (Å²) >= 11 is 0. The van der Waals surface area contributed by atoms with Crippen molar-refractivity contribution in [3.05, 3.63) is 51.6 Å². The highest BCUT2D eigenvalue weighted by atomic mass is 16.2. The smallest absolute Gasteiger partial charge is 0.316 e. The predicted molar refractivity (Wildman–Crippen MR) is 87.5 cm³/mol. The zero-order valence-electron chi connectivity index (χ0n) is 13.4. The Hall–Kier alpha value is -2.64. The standard InChI is InChI=1S/C16H21N5O3/c22-14(5-10-19-11-7-17-15(23)16(19)24)21-9-2-1-4-13(21)12-20-8-3-6-18-20/h3,6-8,11,13H,1-2,4-5,9-10,12H2,(H,17,23)/t13-/m1/s1. The molecule has 1 saturated heterocycles. The number of carbonyl (C=O) groups is 1. The van der Waals surface area contributed by atoms with Crippen LogP contribution in [0.25, 0.3) is 0 Å². The topological polar surface area (TPSA) is 93.0 Å². The van der Waals surface area contributed by atoms with Gasteiger partial charge in [0.15, 0.2) is 0 Å². The average Bonchev–Trinajstić information content (AvgIpc) is 3.09. The molecule has 8 heteroatoms. The third-order valence-electron chi connectivity index (χ3n) is 4.40. The van der Waals surface area contributed by atoms with Gasteiger partial charge in [0, 0.05) is 44.3 Å². The third kappa shape index (κ3) is 3.64. The number of hydrogen-bond donors (Lipinski definition) is 1. The number of H-pyrrole nitrogens is 1. The maximum absolute atomic E-state index is 12.6. The van der Waals surface area contributed by atoms with E-state index >= 15 is 0 Å². The van der Waals surface area contributed by atoms with Crippen molar-refractivity contribution >= 4 is 5.91 Å². The number of carbonyl (C=O) groups excluding carboxylic acids is 1. The zero-order valence-corrected chi connectivity index (χ0v) is 13.4. The molecule has 1 aliphatic heterocycles. The van der Waals surface area contributed by atoms with Gasteiger partial charge in [-0.15, -0.1) is 0 Å². The van der Waals surface area contributed by atoms with E-state index in [0.717, 1.165) is 25.8 Å². The highest BCUT2D eigenvalue weighted by Gasteiger charge is 2.26. The van der Waals surface area contributed by atoms with Gasteiger partial charge in [-0.05, 0) is 25.3 Å². The summed E-state index contributed by atoms with van der Waals surface area (Å²) in [6, 6.07) is 2.00. The fraction of sp³-hybridized carbons (Fsp3) is 0.500. The van der Waals surface area contributed by atoms with Crippen LogP contribution in [0.3, 0.4) is 0 Å². The summed E-state index contributed by atoms with van der Waals surface area (Å²) < 4.78 is 3.13. The van der Waals surface area contributed by atoms with Gasteiger partial charge < -0.3 is 14.5 Å². The number of nitrogens with one attached hydrogen (secondary N) is 1. The molecule has 1 amide bonds. The lowest BCUT2D eigenvalue weighted by molar-refractivity contribution is -0.135. The predicted octanol–water partition coefficient (Wildman–Crippen LogP) is 0.205. The molecule has 1 N–H and O–H groups in total. The third-order valence-corrected chi connectivity index (χ3v) is 4.40. The van der Waals surface area contributed by atoms with E-state index < -0.39 is 11.1 Å². The normalized spacial score (nSPS) is 17.8. The van der Waals surface area contributed by atoms with Gasteiger partial charge in [-0.2, -0.15) is 5.10 Å². The van der Waals surface area contributed by atoms with Gasteiger partial charge in [-0.25, -0.2) is 0 Å². The maximum Gasteiger partial charge on any atom is 0.316 e. The molecule has 0 unspecified atom stereocenters. The Labute approximate surface area is 138 Å². The Kier molecular flexibility index (Phi) is 4.93. The van der Waals surface area contributed by atoms with Gasteiger partial charge in [0.2, 0.25) is 5.91 Å². The molecule has 8 nitrogen and oxygen atoms in total. The summed E-state index contributed by atoms with van der Waals surface area (Å²) in [6.45, 7) is 1.63. The van der Waals surface area contributed by atoms with Crippen LogP contribution in [-0.2, 0) is 17.9 Å². The molecule has 24 heavy (non-hydrogen) atoms. The first-order valence-electron chi connectivity index (χ1n) is 8.20. The van der Waals surface area contributed by atoms with E-state index in [1.807, 2.05) is 21.8 Å². The molecule has 3 rings (SSSR count). The molecule has 0 radical (unpaired) electrons. The molecule has 2 aromatic heterocycles. The van der Waals surface area contributed by atoms with Crippen molar-refractivity contribution in [2.75, 3.05) is 6.54 Å². The van der Waals surface area contributed by atoms with Crippen molar-refractivity contribution in [1.82, 2.24) is 24.2 Å². The first-order chi connectivity index (χ1) is 11.6. The summed E-state index contributed by atoms with van der Waals surface area (Å²) in [5.41, 5.74) is -1.29. The van der Waals surface area contributed by atoms with E-state index in [1.54, 1.807) is 6.20 Å². The van der Waals surface area contributed by atoms with Crippen LogP contribution < -0.4 is 11.1 Å². The maximum atomic E-state index is 12.6. The van der Waals surface area contributed by atoms with E-state index in [2.05, 4.69) is 10.1 Å². The van der Waals surface area contributed by atoms with Gasteiger partial charge in [0.25, 0.3) is 0 Å². The lowest BCUT2D eigenvalue weighted by Gasteiger charge is -2.36. The van der Waals surface area contributed by atoms with Crippen LogP contribution in [0, 0.1) is 0 Å². The minimum atomic E-state index is -0.667. The van der Waals surface area contributed by atoms with Gasteiger partial charge in [0.1, 0.15) is 0 Å². The fourth-order valence-electron chi connectivity index (χ4n) is 3.14. The molecule has 0 aliphatic carbocycles. The molecular weight excluding hydrogens is 310 g/mol. The number of hydrogen-bond acceptors (Lipinski definition) is 4. The number of nitrogens with zero attached hydrogens (tertiary/aromatic N) is 4. The first-order valence-corrected chi connectivity index (χ1v) is 8.20. The Morgan fingerprint density at radius 1 is 1.29 bits per heavy atom. The summed E-state index contributed by atoms with van der Waals surface area (Å²) in [7, 11) is 0. The number of aryl methyl sites for hydroxylation is 1. The quantitative estimate of drug-likeness (QED) is 0.792. The number of amides is 1. The number of piperidine rings is 1. The highest BCUT2D eigenvalue weighted by Crippen LogP contribution is 2.19. The molecule has 0 bridgehead atoms. The number of rotatable bonds is 5. The second kappa shape index (κ2) is 7.29. The molecule has 128 valence electrons. The van der Waals surface area contributed by atoms with Crippen LogP contribution in [0.2, 0.25) is 0 Å². The van der Waals surface area contributed by atoms with Gasteiger partial charge in [-0.1, -0.05) is 0 Å². The Morgan fingerprint density at radius 2 is 2.17 bits per heavy atom. The second-order valence-corrected chi connectivity index (χ2v) is 6.00. The van der Waals surface area contributed by atoms with Gasteiger partial charge in [0.05, 0.1) is 12.6 Å². The summed E-state index contributed by atoms with van der Waals surface area (Å²) in [4.78, 5) is 39.9. The summed E-state index contributed by atoms with van der Waals surface area (Å²) in [5, 5.41) is 4.21. The van der Waals surface area contributed by atoms with Crippen LogP contribution >= 0.6 is 0 Å². The molecular formula is C16H21N5O3. The van der Waals surface area contributed by atoms with Crippen molar-refractivity contribution in [2.24, 2.45) is 0 Å². The van der Waals surface area contributed by atoms with Crippen molar-refractivity contribution in [3.63, 3.8) is 0 Å². The number of aromatic nitrogens is 4. The Morgan fingerprint density at radius 3 is 2.96 bits per heavy atom. The van der Waals surface area contributed by atoms with Crippen LogP contribution in [0.1, 0.15) is 25.7 Å². The Balaban J connectivity index is 1.64. The molecule has 1 aliphatic rings. The molecule has 0 spiro atoms. The molecule has 0 saturated carbocycles. The van der Waals surface area contributed by atoms with Crippen LogP contribution in [0.5, 0.6) is 0 Å². The van der Waals surface area contributed by atoms with Crippen molar-refractivity contribution in [3.8, 4) is 0 Å². The lowest BCUT2D eigenvalue weighted by Crippen LogP contribution is -2.46. The second-order valence-electron chi connectivity index (χ2n) is 6.00. The fourth-order valence-corrected chi connectivity index (χ4v) is 3.14. The van der Waals surface area contributed by atoms with E-state index in [9.17, 15) is 14.4 Å². The minimum absolute atomic E-state index is 0.0130. The van der Waals surface area contributed by atoms with Gasteiger partial charge in [-0.3, -0.25) is 19.1 Å². The molecule has 0 aromatic carbocycles. The Bertz CT molecular complexity index is 793. The van der Waals surface area contributed by atoms with Crippen molar-refractivity contribution in [2.45, 2.75) is 44.8 Å². The van der Waals surface area contributed by atoms with E-state index in [4.69, 9.17) is 0 Å². The lowest BCUT2D eigenvalue weighted by atomic mass is 10.0. The van der Waals surface area contributed by atoms with Crippen LogP contribution in [0.4, 0.5) is 0 Å². The molecule has 2 aromatic rings. The van der Waals surface area contributed by atoms with Gasteiger partial charge >= 0.3 is 11.1 Å². The number of likely N-dealkylation sites (tertiary alicyclic amines) is 1. The van der Waals surface area contributed by atoms with Crippen LogP contribution in [-0.4, -0.2) is 42.7 Å². The monoisotopic (exact) mass is 331 g/mol. The molecule has 3 heterocycles.